The van der Waals surface area contributed by atoms with Crippen LogP contribution in [0.2, 0.25) is 0 Å². The third-order valence-corrected chi connectivity index (χ3v) is 4.28. The predicted molar refractivity (Wildman–Crippen MR) is 97.6 cm³/mol. The van der Waals surface area contributed by atoms with Crippen LogP contribution in [-0.4, -0.2) is 26.1 Å². The van der Waals surface area contributed by atoms with E-state index in [2.05, 4.69) is 22.3 Å². The first-order valence-electron chi connectivity index (χ1n) is 8.23. The number of anilines is 3. The third-order valence-electron chi connectivity index (χ3n) is 4.28. The minimum atomic E-state index is -0.0246. The van der Waals surface area contributed by atoms with E-state index in [9.17, 15) is 4.79 Å². The fourth-order valence-corrected chi connectivity index (χ4v) is 3.04. The van der Waals surface area contributed by atoms with Gasteiger partial charge in [0.05, 0.1) is 13.7 Å². The highest BCUT2D eigenvalue weighted by atomic mass is 16.5. The van der Waals surface area contributed by atoms with Gasteiger partial charge in [-0.3, -0.25) is 4.79 Å². The molecule has 1 aliphatic rings. The number of ether oxygens (including phenoxy) is 1. The van der Waals surface area contributed by atoms with Crippen LogP contribution in [0.5, 0.6) is 5.75 Å². The summed E-state index contributed by atoms with van der Waals surface area (Å²) in [5.74, 6) is 0.838. The number of fused-ring (bicyclic) bond motifs is 1. The molecule has 0 saturated heterocycles. The summed E-state index contributed by atoms with van der Waals surface area (Å²) in [6.45, 7) is 1.22. The molecule has 5 nitrogen and oxygen atoms in total. The van der Waals surface area contributed by atoms with E-state index in [0.29, 0.717) is 12.2 Å². The van der Waals surface area contributed by atoms with Crippen molar-refractivity contribution in [3.05, 3.63) is 48.0 Å². The van der Waals surface area contributed by atoms with E-state index in [4.69, 9.17) is 10.5 Å². The van der Waals surface area contributed by atoms with Crippen molar-refractivity contribution in [3.8, 4) is 5.75 Å². The lowest BCUT2D eigenvalue weighted by atomic mass is 10.1. The average molecular weight is 325 g/mol. The number of aryl methyl sites for hydroxylation is 1. The monoisotopic (exact) mass is 325 g/mol. The molecule has 0 bridgehead atoms. The van der Waals surface area contributed by atoms with Gasteiger partial charge in [0.15, 0.2) is 0 Å². The molecular weight excluding hydrogens is 302 g/mol. The zero-order valence-electron chi connectivity index (χ0n) is 13.9. The van der Waals surface area contributed by atoms with Gasteiger partial charge in [0, 0.05) is 23.6 Å². The number of hydrogen-bond donors (Lipinski definition) is 2. The Labute approximate surface area is 142 Å². The lowest BCUT2D eigenvalue weighted by molar-refractivity contribution is -0.115. The summed E-state index contributed by atoms with van der Waals surface area (Å²) in [7, 11) is 1.68. The summed E-state index contributed by atoms with van der Waals surface area (Å²) >= 11 is 0. The summed E-state index contributed by atoms with van der Waals surface area (Å²) in [6.07, 6.45) is 3.21. The van der Waals surface area contributed by atoms with Crippen molar-refractivity contribution in [1.29, 1.82) is 0 Å². The topological polar surface area (TPSA) is 67.6 Å². The molecule has 3 rings (SSSR count). The van der Waals surface area contributed by atoms with Crippen LogP contribution in [0.1, 0.15) is 18.4 Å². The normalized spacial score (nSPS) is 13.8. The first kappa shape index (κ1) is 16.2. The Morgan fingerprint density at radius 2 is 2.00 bits per heavy atom. The molecule has 0 unspecified atom stereocenters. The predicted octanol–water partition coefficient (Wildman–Crippen LogP) is 3.06. The lowest BCUT2D eigenvalue weighted by Gasteiger charge is -2.24. The Morgan fingerprint density at radius 1 is 1.21 bits per heavy atom. The minimum Gasteiger partial charge on any atom is -0.497 e. The maximum atomic E-state index is 12.4. The molecule has 0 atom stereocenters. The second-order valence-corrected chi connectivity index (χ2v) is 6.04. The van der Waals surface area contributed by atoms with Gasteiger partial charge in [-0.1, -0.05) is 0 Å². The highest BCUT2D eigenvalue weighted by Gasteiger charge is 2.18. The lowest BCUT2D eigenvalue weighted by Crippen LogP contribution is -2.34. The fourth-order valence-electron chi connectivity index (χ4n) is 3.04. The molecule has 24 heavy (non-hydrogen) atoms. The van der Waals surface area contributed by atoms with E-state index in [1.54, 1.807) is 19.2 Å². The Morgan fingerprint density at radius 3 is 2.75 bits per heavy atom. The van der Waals surface area contributed by atoms with Gasteiger partial charge in [-0.2, -0.15) is 0 Å². The number of amides is 1. The van der Waals surface area contributed by atoms with Crippen molar-refractivity contribution < 1.29 is 9.53 Å². The van der Waals surface area contributed by atoms with Gasteiger partial charge < -0.3 is 20.7 Å². The summed E-state index contributed by atoms with van der Waals surface area (Å²) < 4.78 is 5.32. The van der Waals surface area contributed by atoms with E-state index >= 15 is 0 Å². The Balaban J connectivity index is 1.72. The molecular formula is C19H23N3O2. The molecule has 1 heterocycles. The molecule has 0 fully saturated rings. The minimum absolute atomic E-state index is 0.0246. The molecule has 126 valence electrons. The van der Waals surface area contributed by atoms with Crippen LogP contribution in [-0.2, 0) is 11.2 Å². The number of rotatable bonds is 4. The third kappa shape index (κ3) is 3.79. The number of nitrogens with two attached hydrogens (primary N) is 1. The van der Waals surface area contributed by atoms with Gasteiger partial charge in [-0.05, 0) is 67.3 Å². The van der Waals surface area contributed by atoms with Crippen LogP contribution in [0.4, 0.5) is 17.1 Å². The molecule has 0 spiro atoms. The SMILES string of the molecule is COc1ccc2c(c1)CCCCN2CC(=O)Nc1ccc(N)cc1. The number of nitrogens with one attached hydrogen (secondary N) is 1. The van der Waals surface area contributed by atoms with E-state index in [0.717, 1.165) is 42.9 Å². The van der Waals surface area contributed by atoms with Gasteiger partial charge in [0.2, 0.25) is 5.91 Å². The Hall–Kier alpha value is -2.69. The number of hydrogen-bond acceptors (Lipinski definition) is 4. The van der Waals surface area contributed by atoms with Crippen LogP contribution in [0.3, 0.4) is 0 Å². The van der Waals surface area contributed by atoms with Crippen LogP contribution in [0.15, 0.2) is 42.5 Å². The van der Waals surface area contributed by atoms with Crippen molar-refractivity contribution in [3.63, 3.8) is 0 Å². The Bertz CT molecular complexity index is 713. The smallest absolute Gasteiger partial charge is 0.243 e. The highest BCUT2D eigenvalue weighted by Crippen LogP contribution is 2.29. The van der Waals surface area contributed by atoms with Crippen LogP contribution in [0.25, 0.3) is 0 Å². The van der Waals surface area contributed by atoms with Crippen molar-refractivity contribution in [1.82, 2.24) is 0 Å². The molecule has 2 aromatic rings. The first-order chi connectivity index (χ1) is 11.7. The average Bonchev–Trinajstić information content (AvgIpc) is 2.78. The van der Waals surface area contributed by atoms with Gasteiger partial charge in [-0.25, -0.2) is 0 Å². The van der Waals surface area contributed by atoms with Gasteiger partial charge in [0.25, 0.3) is 0 Å². The van der Waals surface area contributed by atoms with E-state index in [1.165, 1.54) is 5.56 Å². The molecule has 3 N–H and O–H groups in total. The molecule has 1 aliphatic heterocycles. The van der Waals surface area contributed by atoms with Crippen molar-refractivity contribution in [2.24, 2.45) is 0 Å². The zero-order chi connectivity index (χ0) is 16.9. The Kier molecular flexibility index (Phi) is 4.89. The molecule has 2 aromatic carbocycles. The van der Waals surface area contributed by atoms with E-state index < -0.39 is 0 Å². The maximum Gasteiger partial charge on any atom is 0.243 e. The number of nitrogen functional groups attached to an aromatic ring is 1. The number of methoxy groups -OCH3 is 1. The summed E-state index contributed by atoms with van der Waals surface area (Å²) in [6, 6.07) is 13.3. The zero-order valence-corrected chi connectivity index (χ0v) is 13.9. The fraction of sp³-hybridized carbons (Fsp3) is 0.316. The van der Waals surface area contributed by atoms with Crippen LogP contribution >= 0.6 is 0 Å². The molecule has 0 aromatic heterocycles. The van der Waals surface area contributed by atoms with Crippen LogP contribution in [0, 0.1) is 0 Å². The number of benzene rings is 2. The molecule has 0 saturated carbocycles. The van der Waals surface area contributed by atoms with Gasteiger partial charge in [-0.15, -0.1) is 0 Å². The largest absolute Gasteiger partial charge is 0.497 e. The van der Waals surface area contributed by atoms with Crippen molar-refractivity contribution >= 4 is 23.0 Å². The van der Waals surface area contributed by atoms with Gasteiger partial charge in [0.1, 0.15) is 5.75 Å². The molecule has 0 radical (unpaired) electrons. The molecule has 5 heteroatoms. The summed E-state index contributed by atoms with van der Waals surface area (Å²) in [5, 5.41) is 2.93. The summed E-state index contributed by atoms with van der Waals surface area (Å²) in [4.78, 5) is 14.5. The molecule has 0 aliphatic carbocycles. The maximum absolute atomic E-state index is 12.4. The number of nitrogens with zero attached hydrogens (tertiary/aromatic N) is 1. The van der Waals surface area contributed by atoms with E-state index in [-0.39, 0.29) is 5.91 Å². The van der Waals surface area contributed by atoms with Crippen LogP contribution < -0.4 is 20.7 Å². The number of carbonyl (C=O) groups excluding carboxylic acids is 1. The highest BCUT2D eigenvalue weighted by molar-refractivity contribution is 5.94. The first-order valence-corrected chi connectivity index (χ1v) is 8.23. The standard InChI is InChI=1S/C19H23N3O2/c1-24-17-9-10-18-14(12-17)4-2-3-11-22(18)13-19(23)21-16-7-5-15(20)6-8-16/h5-10,12H,2-4,11,13,20H2,1H3,(H,21,23). The quantitative estimate of drug-likeness (QED) is 0.848. The molecule has 1 amide bonds. The summed E-state index contributed by atoms with van der Waals surface area (Å²) in [5.41, 5.74) is 9.48. The second-order valence-electron chi connectivity index (χ2n) is 6.04. The number of carbonyl (C=O) groups is 1. The second kappa shape index (κ2) is 7.25. The van der Waals surface area contributed by atoms with Gasteiger partial charge >= 0.3 is 0 Å². The van der Waals surface area contributed by atoms with Crippen molar-refractivity contribution in [2.75, 3.05) is 36.1 Å². The van der Waals surface area contributed by atoms with E-state index in [1.807, 2.05) is 18.2 Å². The van der Waals surface area contributed by atoms with Crippen molar-refractivity contribution in [2.45, 2.75) is 19.3 Å².